The number of ether oxygens (including phenoxy) is 1. The van der Waals surface area contributed by atoms with Crippen molar-refractivity contribution < 1.29 is 14.3 Å². The van der Waals surface area contributed by atoms with Gasteiger partial charge in [0.05, 0.1) is 10.0 Å². The number of esters is 1. The third-order valence-corrected chi connectivity index (χ3v) is 3.98. The standard InChI is InChI=1S/C15H10Cl2O3S/c16-12-3-2-11(7-13(12)17)14(18)8-20-15(19)4-1-10-5-6-21-9-10/h1-7,9H,8H2/b4-1-. The lowest BCUT2D eigenvalue weighted by atomic mass is 10.1. The molecule has 0 radical (unpaired) electrons. The van der Waals surface area contributed by atoms with E-state index >= 15 is 0 Å². The third kappa shape index (κ3) is 4.70. The molecule has 0 bridgehead atoms. The normalized spacial score (nSPS) is 10.8. The summed E-state index contributed by atoms with van der Waals surface area (Å²) >= 11 is 13.1. The first kappa shape index (κ1) is 15.8. The molecule has 0 N–H and O–H groups in total. The van der Waals surface area contributed by atoms with E-state index in [1.807, 2.05) is 16.8 Å². The fourth-order valence-corrected chi connectivity index (χ4v) is 2.40. The molecule has 6 heteroatoms. The molecule has 108 valence electrons. The minimum absolute atomic E-state index is 0.284. The van der Waals surface area contributed by atoms with Gasteiger partial charge < -0.3 is 4.74 Å². The van der Waals surface area contributed by atoms with Crippen LogP contribution in [0.1, 0.15) is 15.9 Å². The summed E-state index contributed by atoms with van der Waals surface area (Å²) in [6.45, 7) is -0.342. The number of ketones is 1. The van der Waals surface area contributed by atoms with E-state index in [0.29, 0.717) is 10.6 Å². The van der Waals surface area contributed by atoms with Gasteiger partial charge in [0.1, 0.15) is 0 Å². The van der Waals surface area contributed by atoms with Gasteiger partial charge in [0.25, 0.3) is 0 Å². The predicted octanol–water partition coefficient (Wildman–Crippen LogP) is 4.49. The van der Waals surface area contributed by atoms with Crippen LogP contribution < -0.4 is 0 Å². The van der Waals surface area contributed by atoms with Gasteiger partial charge in [0.2, 0.25) is 0 Å². The highest BCUT2D eigenvalue weighted by atomic mass is 35.5. The van der Waals surface area contributed by atoms with E-state index in [1.165, 1.54) is 35.6 Å². The van der Waals surface area contributed by atoms with Crippen molar-refractivity contribution in [2.75, 3.05) is 6.61 Å². The van der Waals surface area contributed by atoms with E-state index in [1.54, 1.807) is 6.08 Å². The minimum atomic E-state index is -0.574. The van der Waals surface area contributed by atoms with Gasteiger partial charge in [-0.3, -0.25) is 4.79 Å². The van der Waals surface area contributed by atoms with Gasteiger partial charge in [-0.25, -0.2) is 4.79 Å². The Morgan fingerprint density at radius 1 is 1.19 bits per heavy atom. The summed E-state index contributed by atoms with van der Waals surface area (Å²) in [7, 11) is 0. The molecule has 0 aliphatic carbocycles. The number of benzene rings is 1. The van der Waals surface area contributed by atoms with Crippen LogP contribution in [0.2, 0.25) is 10.0 Å². The summed E-state index contributed by atoms with van der Waals surface area (Å²) in [5, 5.41) is 4.44. The zero-order valence-electron chi connectivity index (χ0n) is 10.7. The first-order valence-corrected chi connectivity index (χ1v) is 7.61. The van der Waals surface area contributed by atoms with Crippen molar-refractivity contribution in [3.63, 3.8) is 0 Å². The number of rotatable bonds is 5. The molecular formula is C15H10Cl2O3S. The second kappa shape index (κ2) is 7.41. The van der Waals surface area contributed by atoms with E-state index in [9.17, 15) is 9.59 Å². The number of hydrogen-bond acceptors (Lipinski definition) is 4. The van der Waals surface area contributed by atoms with E-state index < -0.39 is 5.97 Å². The second-order valence-electron chi connectivity index (χ2n) is 4.05. The molecule has 0 aliphatic heterocycles. The van der Waals surface area contributed by atoms with Crippen LogP contribution in [0, 0.1) is 0 Å². The lowest BCUT2D eigenvalue weighted by molar-refractivity contribution is -0.136. The van der Waals surface area contributed by atoms with Crippen molar-refractivity contribution in [1.82, 2.24) is 0 Å². The molecule has 0 atom stereocenters. The van der Waals surface area contributed by atoms with Crippen LogP contribution in [0.5, 0.6) is 0 Å². The van der Waals surface area contributed by atoms with E-state index in [2.05, 4.69) is 0 Å². The van der Waals surface area contributed by atoms with Crippen LogP contribution in [0.4, 0.5) is 0 Å². The molecule has 1 aromatic carbocycles. The summed E-state index contributed by atoms with van der Waals surface area (Å²) in [6.07, 6.45) is 2.91. The fourth-order valence-electron chi connectivity index (χ4n) is 1.47. The van der Waals surface area contributed by atoms with Gasteiger partial charge in [0, 0.05) is 11.6 Å². The Kier molecular flexibility index (Phi) is 5.56. The number of carbonyl (C=O) groups is 2. The molecule has 0 spiro atoms. The number of thiophene rings is 1. The summed E-state index contributed by atoms with van der Waals surface area (Å²) in [5.41, 5.74) is 1.26. The number of hydrogen-bond donors (Lipinski definition) is 0. The first-order chi connectivity index (χ1) is 10.1. The van der Waals surface area contributed by atoms with Crippen LogP contribution in [-0.4, -0.2) is 18.4 Å². The van der Waals surface area contributed by atoms with Gasteiger partial charge in [-0.15, -0.1) is 0 Å². The van der Waals surface area contributed by atoms with Gasteiger partial charge >= 0.3 is 5.97 Å². The molecule has 0 aliphatic rings. The van der Waals surface area contributed by atoms with E-state index in [0.717, 1.165) is 5.56 Å². The van der Waals surface area contributed by atoms with Crippen LogP contribution >= 0.6 is 34.5 Å². The third-order valence-electron chi connectivity index (χ3n) is 2.54. The Hall–Kier alpha value is -1.62. The summed E-state index contributed by atoms with van der Waals surface area (Å²) in [4.78, 5) is 23.3. The topological polar surface area (TPSA) is 43.4 Å². The average molecular weight is 341 g/mol. The maximum Gasteiger partial charge on any atom is 0.331 e. The lowest BCUT2D eigenvalue weighted by Gasteiger charge is -2.03. The van der Waals surface area contributed by atoms with Crippen molar-refractivity contribution in [3.8, 4) is 0 Å². The van der Waals surface area contributed by atoms with Crippen LogP contribution in [0.15, 0.2) is 41.1 Å². The minimum Gasteiger partial charge on any atom is -0.454 e. The molecule has 2 rings (SSSR count). The van der Waals surface area contributed by atoms with E-state index in [-0.39, 0.29) is 17.4 Å². The monoisotopic (exact) mass is 340 g/mol. The van der Waals surface area contributed by atoms with Crippen molar-refractivity contribution in [2.45, 2.75) is 0 Å². The quantitative estimate of drug-likeness (QED) is 0.457. The maximum absolute atomic E-state index is 11.8. The smallest absolute Gasteiger partial charge is 0.331 e. The second-order valence-corrected chi connectivity index (χ2v) is 5.64. The summed E-state index contributed by atoms with van der Waals surface area (Å²) < 4.78 is 4.88. The maximum atomic E-state index is 11.8. The predicted molar refractivity (Wildman–Crippen MR) is 85.1 cm³/mol. The van der Waals surface area contributed by atoms with Gasteiger partial charge in [-0.2, -0.15) is 11.3 Å². The largest absolute Gasteiger partial charge is 0.454 e. The molecule has 0 fully saturated rings. The first-order valence-electron chi connectivity index (χ1n) is 5.91. The average Bonchev–Trinajstić information content (AvgIpc) is 2.98. The van der Waals surface area contributed by atoms with Crippen molar-refractivity contribution in [3.05, 3.63) is 62.3 Å². The lowest BCUT2D eigenvalue weighted by Crippen LogP contribution is -2.12. The molecule has 3 nitrogen and oxygen atoms in total. The Morgan fingerprint density at radius 2 is 2.00 bits per heavy atom. The Balaban J connectivity index is 1.88. The zero-order chi connectivity index (χ0) is 15.2. The summed E-state index contributed by atoms with van der Waals surface area (Å²) in [6, 6.07) is 6.37. The number of Topliss-reactive ketones (excluding diaryl/α,β-unsaturated/α-hetero) is 1. The fraction of sp³-hybridized carbons (Fsp3) is 0.0667. The Morgan fingerprint density at radius 3 is 2.67 bits per heavy atom. The molecule has 0 unspecified atom stereocenters. The van der Waals surface area contributed by atoms with Crippen LogP contribution in [-0.2, 0) is 9.53 Å². The Bertz CT molecular complexity index is 678. The van der Waals surface area contributed by atoms with Gasteiger partial charge in [0.15, 0.2) is 12.4 Å². The number of halogens is 2. The van der Waals surface area contributed by atoms with Crippen molar-refractivity contribution in [1.29, 1.82) is 0 Å². The molecule has 21 heavy (non-hydrogen) atoms. The zero-order valence-corrected chi connectivity index (χ0v) is 13.0. The molecule has 0 amide bonds. The highest BCUT2D eigenvalue weighted by Gasteiger charge is 2.10. The molecule has 0 saturated heterocycles. The SMILES string of the molecule is O=C(/C=C\c1ccsc1)OCC(=O)c1ccc(Cl)c(Cl)c1. The Labute approximate surface area is 135 Å². The highest BCUT2D eigenvalue weighted by Crippen LogP contribution is 2.22. The van der Waals surface area contributed by atoms with Crippen molar-refractivity contribution in [2.24, 2.45) is 0 Å². The molecule has 0 saturated carbocycles. The molecule has 1 heterocycles. The van der Waals surface area contributed by atoms with Crippen molar-refractivity contribution >= 4 is 52.4 Å². The molecular weight excluding hydrogens is 331 g/mol. The van der Waals surface area contributed by atoms with Gasteiger partial charge in [-0.05, 0) is 46.7 Å². The van der Waals surface area contributed by atoms with Crippen LogP contribution in [0.3, 0.4) is 0 Å². The van der Waals surface area contributed by atoms with Gasteiger partial charge in [-0.1, -0.05) is 23.2 Å². The molecule has 2 aromatic rings. The van der Waals surface area contributed by atoms with Crippen LogP contribution in [0.25, 0.3) is 6.08 Å². The molecule has 1 aromatic heterocycles. The number of carbonyl (C=O) groups excluding carboxylic acids is 2. The highest BCUT2D eigenvalue weighted by molar-refractivity contribution is 7.08. The van der Waals surface area contributed by atoms with E-state index in [4.69, 9.17) is 27.9 Å². The summed E-state index contributed by atoms with van der Waals surface area (Å²) in [5.74, 6) is -0.916.